The van der Waals surface area contributed by atoms with Gasteiger partial charge in [0.25, 0.3) is 0 Å². The molecule has 2 heteroatoms. The van der Waals surface area contributed by atoms with Crippen LogP contribution in [0.4, 0.5) is 0 Å². The number of hydrogen-bond donors (Lipinski definition) is 1. The maximum atomic E-state index is 6.74. The Morgan fingerprint density at radius 1 is 0.759 bits per heavy atom. The first-order chi connectivity index (χ1) is 14.2. The second-order valence-electron chi connectivity index (χ2n) is 8.19. The van der Waals surface area contributed by atoms with E-state index in [1.807, 2.05) is 18.2 Å². The third kappa shape index (κ3) is 3.90. The fourth-order valence-corrected chi connectivity index (χ4v) is 4.23. The molecule has 0 saturated heterocycles. The molecule has 0 heterocycles. The van der Waals surface area contributed by atoms with E-state index in [9.17, 15) is 0 Å². The second kappa shape index (κ2) is 7.38. The summed E-state index contributed by atoms with van der Waals surface area (Å²) in [5.74, 6) is 1.31. The van der Waals surface area contributed by atoms with Crippen molar-refractivity contribution in [2.24, 2.45) is 5.73 Å². The van der Waals surface area contributed by atoms with E-state index in [1.165, 1.54) is 27.5 Å². The van der Waals surface area contributed by atoms with Crippen molar-refractivity contribution >= 4 is 10.8 Å². The van der Waals surface area contributed by atoms with E-state index in [0.717, 1.165) is 18.6 Å². The van der Waals surface area contributed by atoms with Crippen LogP contribution in [0.2, 0.25) is 0 Å². The highest BCUT2D eigenvalue weighted by Crippen LogP contribution is 2.51. The number of nitrogens with two attached hydrogens (primary N) is 1. The molecular formula is C27H25NO. The van der Waals surface area contributed by atoms with Gasteiger partial charge in [0.15, 0.2) is 0 Å². The molecule has 144 valence electrons. The van der Waals surface area contributed by atoms with E-state index in [2.05, 4.69) is 78.9 Å². The summed E-state index contributed by atoms with van der Waals surface area (Å²) in [4.78, 5) is 0. The Balaban J connectivity index is 1.23. The van der Waals surface area contributed by atoms with E-state index in [0.29, 0.717) is 12.5 Å². The molecule has 0 spiro atoms. The lowest BCUT2D eigenvalue weighted by Gasteiger charge is -2.13. The molecule has 2 unspecified atom stereocenters. The Morgan fingerprint density at radius 2 is 1.48 bits per heavy atom. The van der Waals surface area contributed by atoms with Gasteiger partial charge in [0, 0.05) is 11.5 Å². The lowest BCUT2D eigenvalue weighted by Crippen LogP contribution is -2.27. The van der Waals surface area contributed by atoms with Crippen LogP contribution in [0.5, 0.6) is 5.75 Å². The zero-order chi connectivity index (χ0) is 19.7. The number of rotatable bonds is 6. The Bertz CT molecular complexity index is 1120. The van der Waals surface area contributed by atoms with Gasteiger partial charge in [-0.25, -0.2) is 0 Å². The molecule has 4 aromatic rings. The van der Waals surface area contributed by atoms with Gasteiger partial charge in [0.2, 0.25) is 0 Å². The second-order valence-corrected chi connectivity index (χ2v) is 8.19. The van der Waals surface area contributed by atoms with Gasteiger partial charge in [-0.3, -0.25) is 0 Å². The molecule has 2 nitrogen and oxygen atoms in total. The molecule has 29 heavy (non-hydrogen) atoms. The first kappa shape index (κ1) is 18.0. The van der Waals surface area contributed by atoms with E-state index in [1.54, 1.807) is 0 Å². The van der Waals surface area contributed by atoms with Gasteiger partial charge in [-0.15, -0.1) is 0 Å². The van der Waals surface area contributed by atoms with Gasteiger partial charge in [0.1, 0.15) is 12.4 Å². The minimum atomic E-state index is -0.144. The summed E-state index contributed by atoms with van der Waals surface area (Å²) in [6, 6.07) is 33.9. The molecule has 4 aromatic carbocycles. The summed E-state index contributed by atoms with van der Waals surface area (Å²) in [5, 5.41) is 2.56. The van der Waals surface area contributed by atoms with Gasteiger partial charge in [0.05, 0.1) is 0 Å². The monoisotopic (exact) mass is 379 g/mol. The third-order valence-corrected chi connectivity index (χ3v) is 6.00. The summed E-state index contributed by atoms with van der Waals surface area (Å²) >= 11 is 0. The van der Waals surface area contributed by atoms with Crippen molar-refractivity contribution in [3.05, 3.63) is 114 Å². The fraction of sp³-hybridized carbons (Fsp3) is 0.185. The van der Waals surface area contributed by atoms with Crippen LogP contribution in [-0.2, 0) is 13.0 Å². The summed E-state index contributed by atoms with van der Waals surface area (Å²) in [5.41, 5.74) is 10.4. The molecule has 0 aliphatic heterocycles. The average Bonchev–Trinajstić information content (AvgIpc) is 3.44. The van der Waals surface area contributed by atoms with Gasteiger partial charge >= 0.3 is 0 Å². The van der Waals surface area contributed by atoms with E-state index in [-0.39, 0.29) is 5.54 Å². The molecule has 1 saturated carbocycles. The molecule has 5 rings (SSSR count). The lowest BCUT2D eigenvalue weighted by molar-refractivity contribution is 0.306. The van der Waals surface area contributed by atoms with Crippen LogP contribution >= 0.6 is 0 Å². The third-order valence-electron chi connectivity index (χ3n) is 6.00. The maximum absolute atomic E-state index is 6.74. The quantitative estimate of drug-likeness (QED) is 0.456. The van der Waals surface area contributed by atoms with Gasteiger partial charge in [-0.05, 0) is 52.4 Å². The average molecular weight is 380 g/mol. The lowest BCUT2D eigenvalue weighted by atomic mass is 9.97. The van der Waals surface area contributed by atoms with Crippen molar-refractivity contribution in [2.45, 2.75) is 30.9 Å². The minimum absolute atomic E-state index is 0.144. The Kier molecular flexibility index (Phi) is 4.57. The Morgan fingerprint density at radius 3 is 2.28 bits per heavy atom. The topological polar surface area (TPSA) is 35.2 Å². The Hall–Kier alpha value is -3.10. The molecule has 0 aromatic heterocycles. The van der Waals surface area contributed by atoms with Crippen molar-refractivity contribution in [1.82, 2.24) is 0 Å². The SMILES string of the molecule is NC1(Cc2ccc3ccccc3c2)CC1c1ccc(OCc2ccccc2)cc1. The van der Waals surface area contributed by atoms with Crippen LogP contribution in [-0.4, -0.2) is 5.54 Å². The summed E-state index contributed by atoms with van der Waals surface area (Å²) in [6.07, 6.45) is 1.94. The van der Waals surface area contributed by atoms with Gasteiger partial charge < -0.3 is 10.5 Å². The molecule has 0 bridgehead atoms. The van der Waals surface area contributed by atoms with Crippen molar-refractivity contribution < 1.29 is 4.74 Å². The van der Waals surface area contributed by atoms with Crippen LogP contribution in [0.15, 0.2) is 97.1 Å². The largest absolute Gasteiger partial charge is 0.489 e. The van der Waals surface area contributed by atoms with Crippen molar-refractivity contribution in [3.63, 3.8) is 0 Å². The summed E-state index contributed by atoms with van der Waals surface area (Å²) in [6.45, 7) is 0.590. The number of fused-ring (bicyclic) bond motifs is 1. The van der Waals surface area contributed by atoms with Crippen LogP contribution in [0.25, 0.3) is 10.8 Å². The first-order valence-electron chi connectivity index (χ1n) is 10.2. The van der Waals surface area contributed by atoms with Gasteiger partial charge in [-0.2, -0.15) is 0 Å². The first-order valence-corrected chi connectivity index (χ1v) is 10.2. The van der Waals surface area contributed by atoms with Crippen LogP contribution in [0.3, 0.4) is 0 Å². The van der Waals surface area contributed by atoms with E-state index < -0.39 is 0 Å². The predicted molar refractivity (Wildman–Crippen MR) is 119 cm³/mol. The normalized spacial score (nSPS) is 20.5. The number of hydrogen-bond acceptors (Lipinski definition) is 2. The smallest absolute Gasteiger partial charge is 0.119 e. The van der Waals surface area contributed by atoms with Crippen LogP contribution in [0.1, 0.15) is 29.0 Å². The van der Waals surface area contributed by atoms with E-state index in [4.69, 9.17) is 10.5 Å². The zero-order valence-electron chi connectivity index (χ0n) is 16.4. The van der Waals surface area contributed by atoms with Crippen molar-refractivity contribution in [3.8, 4) is 5.75 Å². The molecule has 2 atom stereocenters. The van der Waals surface area contributed by atoms with Crippen LogP contribution in [0, 0.1) is 0 Å². The van der Waals surface area contributed by atoms with Crippen LogP contribution < -0.4 is 10.5 Å². The molecule has 0 radical (unpaired) electrons. The predicted octanol–water partition coefficient (Wildman–Crippen LogP) is 5.85. The molecular weight excluding hydrogens is 354 g/mol. The van der Waals surface area contributed by atoms with E-state index >= 15 is 0 Å². The number of benzene rings is 4. The molecule has 2 N–H and O–H groups in total. The van der Waals surface area contributed by atoms with Crippen molar-refractivity contribution in [2.75, 3.05) is 0 Å². The maximum Gasteiger partial charge on any atom is 0.119 e. The minimum Gasteiger partial charge on any atom is -0.489 e. The summed E-state index contributed by atoms with van der Waals surface area (Å²) in [7, 11) is 0. The standard InChI is InChI=1S/C27H25NO/c28-27(17-21-10-11-22-8-4-5-9-24(22)16-21)18-26(27)23-12-14-25(15-13-23)29-19-20-6-2-1-3-7-20/h1-16,26H,17-19,28H2. The Labute approximate surface area is 171 Å². The highest BCUT2D eigenvalue weighted by Gasteiger charge is 2.51. The summed E-state index contributed by atoms with van der Waals surface area (Å²) < 4.78 is 5.90. The molecule has 1 aliphatic carbocycles. The zero-order valence-corrected chi connectivity index (χ0v) is 16.4. The molecule has 1 aliphatic rings. The highest BCUT2D eigenvalue weighted by atomic mass is 16.5. The van der Waals surface area contributed by atoms with Crippen molar-refractivity contribution in [1.29, 1.82) is 0 Å². The molecule has 0 amide bonds. The highest BCUT2D eigenvalue weighted by molar-refractivity contribution is 5.83. The fourth-order valence-electron chi connectivity index (χ4n) is 4.23. The molecule has 1 fully saturated rings. The number of ether oxygens (including phenoxy) is 1. The van der Waals surface area contributed by atoms with Gasteiger partial charge in [-0.1, -0.05) is 84.9 Å².